The van der Waals surface area contributed by atoms with E-state index < -0.39 is 5.60 Å². The molecule has 1 aliphatic rings. The minimum Gasteiger partial charge on any atom is -0.389 e. The smallest absolute Gasteiger partial charge is 0.0746 e. The molecule has 2 nitrogen and oxygen atoms in total. The zero-order chi connectivity index (χ0) is 11.5. The summed E-state index contributed by atoms with van der Waals surface area (Å²) in [4.78, 5) is 0. The Hall–Kier alpha value is -0.0800. The molecule has 0 aromatic carbocycles. The van der Waals surface area contributed by atoms with Gasteiger partial charge in [0, 0.05) is 12.6 Å². The molecule has 1 aliphatic carbocycles. The fourth-order valence-corrected chi connectivity index (χ4v) is 2.71. The highest BCUT2D eigenvalue weighted by atomic mass is 16.3. The number of hydrogen-bond donors (Lipinski definition) is 2. The molecular weight excluding hydrogens is 186 g/mol. The van der Waals surface area contributed by atoms with Crippen molar-refractivity contribution in [3.05, 3.63) is 0 Å². The van der Waals surface area contributed by atoms with Gasteiger partial charge in [0.25, 0.3) is 0 Å². The first-order valence-corrected chi connectivity index (χ1v) is 6.35. The van der Waals surface area contributed by atoms with E-state index >= 15 is 0 Å². The number of aliphatic hydroxyl groups is 1. The normalized spacial score (nSPS) is 30.8. The van der Waals surface area contributed by atoms with Gasteiger partial charge in [0.05, 0.1) is 5.60 Å². The first-order valence-electron chi connectivity index (χ1n) is 6.35. The van der Waals surface area contributed by atoms with Crippen molar-refractivity contribution in [1.82, 2.24) is 5.32 Å². The van der Waals surface area contributed by atoms with E-state index in [0.29, 0.717) is 12.0 Å². The van der Waals surface area contributed by atoms with Crippen LogP contribution in [-0.2, 0) is 0 Å². The Balaban J connectivity index is 2.23. The molecule has 0 heterocycles. The zero-order valence-electron chi connectivity index (χ0n) is 10.7. The molecule has 0 radical (unpaired) electrons. The second kappa shape index (κ2) is 5.31. The highest BCUT2D eigenvalue weighted by molar-refractivity contribution is 4.83. The highest BCUT2D eigenvalue weighted by Crippen LogP contribution is 2.25. The summed E-state index contributed by atoms with van der Waals surface area (Å²) in [6.07, 6.45) is 4.77. The van der Waals surface area contributed by atoms with E-state index in [0.717, 1.165) is 18.9 Å². The summed E-state index contributed by atoms with van der Waals surface area (Å²) < 4.78 is 0. The average Bonchev–Trinajstić information content (AvgIpc) is 2.46. The van der Waals surface area contributed by atoms with Crippen molar-refractivity contribution in [1.29, 1.82) is 0 Å². The molecule has 2 heteroatoms. The summed E-state index contributed by atoms with van der Waals surface area (Å²) in [7, 11) is 0. The van der Waals surface area contributed by atoms with Gasteiger partial charge in [-0.25, -0.2) is 0 Å². The largest absolute Gasteiger partial charge is 0.389 e. The first-order chi connectivity index (χ1) is 6.89. The van der Waals surface area contributed by atoms with Gasteiger partial charge in [-0.1, -0.05) is 20.8 Å². The van der Waals surface area contributed by atoms with Crippen molar-refractivity contribution in [2.24, 2.45) is 11.8 Å². The Kier molecular flexibility index (Phi) is 4.60. The Morgan fingerprint density at radius 3 is 2.53 bits per heavy atom. The van der Waals surface area contributed by atoms with Crippen molar-refractivity contribution < 1.29 is 5.11 Å². The Bertz CT molecular complexity index is 189. The molecule has 15 heavy (non-hydrogen) atoms. The van der Waals surface area contributed by atoms with Gasteiger partial charge < -0.3 is 10.4 Å². The Labute approximate surface area is 94.5 Å². The molecule has 0 aromatic rings. The molecule has 3 atom stereocenters. The molecule has 1 rings (SSSR count). The van der Waals surface area contributed by atoms with Crippen LogP contribution >= 0.6 is 0 Å². The van der Waals surface area contributed by atoms with E-state index in [-0.39, 0.29) is 0 Å². The minimum atomic E-state index is -0.542. The van der Waals surface area contributed by atoms with Crippen LogP contribution in [-0.4, -0.2) is 23.3 Å². The number of hydrogen-bond acceptors (Lipinski definition) is 2. The van der Waals surface area contributed by atoms with Gasteiger partial charge in [0.2, 0.25) is 0 Å². The first kappa shape index (κ1) is 13.0. The van der Waals surface area contributed by atoms with Crippen LogP contribution in [0.15, 0.2) is 0 Å². The van der Waals surface area contributed by atoms with Crippen LogP contribution in [0.3, 0.4) is 0 Å². The van der Waals surface area contributed by atoms with Crippen LogP contribution < -0.4 is 5.32 Å². The van der Waals surface area contributed by atoms with Gasteiger partial charge in [0.15, 0.2) is 0 Å². The van der Waals surface area contributed by atoms with Crippen molar-refractivity contribution in [3.8, 4) is 0 Å². The van der Waals surface area contributed by atoms with Crippen molar-refractivity contribution in [3.63, 3.8) is 0 Å². The topological polar surface area (TPSA) is 32.3 Å². The summed E-state index contributed by atoms with van der Waals surface area (Å²) >= 11 is 0. The molecule has 3 unspecified atom stereocenters. The van der Waals surface area contributed by atoms with E-state index in [1.54, 1.807) is 0 Å². The molecular formula is C13H27NO. The van der Waals surface area contributed by atoms with E-state index in [1.165, 1.54) is 19.3 Å². The van der Waals surface area contributed by atoms with Crippen LogP contribution in [0, 0.1) is 11.8 Å². The fourth-order valence-electron chi connectivity index (χ4n) is 2.71. The highest BCUT2D eigenvalue weighted by Gasteiger charge is 2.26. The quantitative estimate of drug-likeness (QED) is 0.735. The molecule has 0 aliphatic heterocycles. The van der Waals surface area contributed by atoms with Crippen LogP contribution in [0.2, 0.25) is 0 Å². The lowest BCUT2D eigenvalue weighted by molar-refractivity contribution is 0.0359. The summed E-state index contributed by atoms with van der Waals surface area (Å²) in [5.74, 6) is 1.42. The molecule has 0 saturated heterocycles. The van der Waals surface area contributed by atoms with E-state index in [2.05, 4.69) is 26.1 Å². The van der Waals surface area contributed by atoms with Crippen LogP contribution in [0.5, 0.6) is 0 Å². The molecule has 1 fully saturated rings. The Morgan fingerprint density at radius 2 is 2.07 bits per heavy atom. The van der Waals surface area contributed by atoms with E-state index in [9.17, 15) is 5.11 Å². The zero-order valence-corrected chi connectivity index (χ0v) is 10.7. The predicted molar refractivity (Wildman–Crippen MR) is 64.9 cm³/mol. The molecule has 0 spiro atoms. The summed E-state index contributed by atoms with van der Waals surface area (Å²) in [5, 5.41) is 13.7. The summed E-state index contributed by atoms with van der Waals surface area (Å²) in [6, 6.07) is 0.638. The standard InChI is InChI=1S/C13H27NO/c1-10(2)8-13(4,15)9-14-12-6-5-11(3)7-12/h10-12,14-15H,5-9H2,1-4H3. The summed E-state index contributed by atoms with van der Waals surface area (Å²) in [5.41, 5.74) is -0.542. The van der Waals surface area contributed by atoms with Gasteiger partial charge in [-0.3, -0.25) is 0 Å². The fraction of sp³-hybridized carbons (Fsp3) is 1.00. The molecule has 90 valence electrons. The third kappa shape index (κ3) is 4.98. The lowest BCUT2D eigenvalue weighted by Crippen LogP contribution is -2.42. The van der Waals surface area contributed by atoms with Gasteiger partial charge in [0.1, 0.15) is 0 Å². The van der Waals surface area contributed by atoms with Crippen LogP contribution in [0.25, 0.3) is 0 Å². The van der Waals surface area contributed by atoms with Gasteiger partial charge in [-0.15, -0.1) is 0 Å². The molecule has 0 amide bonds. The Morgan fingerprint density at radius 1 is 1.40 bits per heavy atom. The monoisotopic (exact) mass is 213 g/mol. The second-order valence-corrected chi connectivity index (χ2v) is 6.09. The lowest BCUT2D eigenvalue weighted by Gasteiger charge is -2.27. The van der Waals surface area contributed by atoms with Crippen molar-refractivity contribution >= 4 is 0 Å². The van der Waals surface area contributed by atoms with Crippen LogP contribution in [0.1, 0.15) is 53.4 Å². The molecule has 1 saturated carbocycles. The maximum absolute atomic E-state index is 10.1. The summed E-state index contributed by atoms with van der Waals surface area (Å²) in [6.45, 7) is 9.31. The second-order valence-electron chi connectivity index (χ2n) is 6.09. The molecule has 0 bridgehead atoms. The third-order valence-corrected chi connectivity index (χ3v) is 3.31. The maximum Gasteiger partial charge on any atom is 0.0746 e. The van der Waals surface area contributed by atoms with E-state index in [1.807, 2.05) is 6.92 Å². The molecule has 0 aromatic heterocycles. The van der Waals surface area contributed by atoms with E-state index in [4.69, 9.17) is 0 Å². The minimum absolute atomic E-state index is 0.542. The van der Waals surface area contributed by atoms with Gasteiger partial charge >= 0.3 is 0 Å². The van der Waals surface area contributed by atoms with Gasteiger partial charge in [-0.2, -0.15) is 0 Å². The number of rotatable bonds is 5. The van der Waals surface area contributed by atoms with Crippen LogP contribution in [0.4, 0.5) is 0 Å². The SMILES string of the molecule is CC(C)CC(C)(O)CNC1CCC(C)C1. The lowest BCUT2D eigenvalue weighted by atomic mass is 9.94. The number of nitrogens with one attached hydrogen (secondary N) is 1. The predicted octanol–water partition coefficient (Wildman–Crippen LogP) is 2.56. The molecule has 2 N–H and O–H groups in total. The van der Waals surface area contributed by atoms with Crippen molar-refractivity contribution in [2.45, 2.75) is 65.0 Å². The third-order valence-electron chi connectivity index (χ3n) is 3.31. The maximum atomic E-state index is 10.1. The average molecular weight is 213 g/mol. The van der Waals surface area contributed by atoms with Crippen molar-refractivity contribution in [2.75, 3.05) is 6.54 Å². The van der Waals surface area contributed by atoms with Gasteiger partial charge in [-0.05, 0) is 44.4 Å².